The van der Waals surface area contributed by atoms with E-state index < -0.39 is 0 Å². The summed E-state index contributed by atoms with van der Waals surface area (Å²) < 4.78 is 5.77. The van der Waals surface area contributed by atoms with Gasteiger partial charge in [-0.1, -0.05) is 35.9 Å². The fourth-order valence-electron chi connectivity index (χ4n) is 1.63. The number of hydrogen-bond donors (Lipinski definition) is 1. The third-order valence-corrected chi connectivity index (χ3v) is 2.74. The lowest BCUT2D eigenvalue weighted by Gasteiger charge is -2.16. The molecule has 0 aliphatic heterocycles. The first-order chi connectivity index (χ1) is 8.74. The summed E-state index contributed by atoms with van der Waals surface area (Å²) in [6, 6.07) is 17.5. The Kier molecular flexibility index (Phi) is 4.48. The van der Waals surface area contributed by atoms with Crippen molar-refractivity contribution >= 4 is 17.3 Å². The summed E-state index contributed by atoms with van der Waals surface area (Å²) in [4.78, 5) is 0. The SMILES string of the molecule is CC(CNc1ccccc1)Oc1cccc(Cl)c1. The fourth-order valence-corrected chi connectivity index (χ4v) is 1.81. The Morgan fingerprint density at radius 2 is 1.89 bits per heavy atom. The van der Waals surface area contributed by atoms with Gasteiger partial charge >= 0.3 is 0 Å². The quantitative estimate of drug-likeness (QED) is 0.870. The molecule has 1 atom stereocenters. The van der Waals surface area contributed by atoms with E-state index >= 15 is 0 Å². The molecule has 0 saturated carbocycles. The molecule has 0 fully saturated rings. The van der Waals surface area contributed by atoms with Gasteiger partial charge in [0.25, 0.3) is 0 Å². The van der Waals surface area contributed by atoms with Crippen LogP contribution in [-0.4, -0.2) is 12.6 Å². The smallest absolute Gasteiger partial charge is 0.121 e. The topological polar surface area (TPSA) is 21.3 Å². The Labute approximate surface area is 113 Å². The highest BCUT2D eigenvalue weighted by Gasteiger charge is 2.04. The highest BCUT2D eigenvalue weighted by atomic mass is 35.5. The Bertz CT molecular complexity index is 487. The molecule has 0 saturated heterocycles. The predicted molar refractivity (Wildman–Crippen MR) is 76.5 cm³/mol. The average Bonchev–Trinajstić information content (AvgIpc) is 2.38. The van der Waals surface area contributed by atoms with E-state index in [1.54, 1.807) is 0 Å². The van der Waals surface area contributed by atoms with Crippen molar-refractivity contribution in [2.24, 2.45) is 0 Å². The van der Waals surface area contributed by atoms with E-state index in [0.717, 1.165) is 18.0 Å². The number of rotatable bonds is 5. The van der Waals surface area contributed by atoms with Gasteiger partial charge in [-0.25, -0.2) is 0 Å². The maximum Gasteiger partial charge on any atom is 0.121 e. The molecular weight excluding hydrogens is 246 g/mol. The van der Waals surface area contributed by atoms with E-state index in [4.69, 9.17) is 16.3 Å². The van der Waals surface area contributed by atoms with Crippen molar-refractivity contribution in [3.63, 3.8) is 0 Å². The van der Waals surface area contributed by atoms with Gasteiger partial charge in [-0.3, -0.25) is 0 Å². The first-order valence-electron chi connectivity index (χ1n) is 5.95. The van der Waals surface area contributed by atoms with Crippen molar-refractivity contribution in [2.75, 3.05) is 11.9 Å². The molecule has 1 N–H and O–H groups in total. The number of para-hydroxylation sites is 1. The number of ether oxygens (including phenoxy) is 1. The lowest BCUT2D eigenvalue weighted by Crippen LogP contribution is -2.22. The van der Waals surface area contributed by atoms with Crippen LogP contribution in [0.25, 0.3) is 0 Å². The van der Waals surface area contributed by atoms with Crippen molar-refractivity contribution in [3.05, 3.63) is 59.6 Å². The van der Waals surface area contributed by atoms with Gasteiger partial charge in [0, 0.05) is 10.7 Å². The molecule has 0 radical (unpaired) electrons. The molecule has 1 unspecified atom stereocenters. The van der Waals surface area contributed by atoms with Crippen LogP contribution < -0.4 is 10.1 Å². The molecule has 2 nitrogen and oxygen atoms in total. The standard InChI is InChI=1S/C15H16ClNO/c1-12(11-17-14-7-3-2-4-8-14)18-15-9-5-6-13(16)10-15/h2-10,12,17H,11H2,1H3. The van der Waals surface area contributed by atoms with E-state index in [1.807, 2.05) is 61.5 Å². The second kappa shape index (κ2) is 6.31. The van der Waals surface area contributed by atoms with E-state index in [9.17, 15) is 0 Å². The van der Waals surface area contributed by atoms with Gasteiger partial charge in [0.2, 0.25) is 0 Å². The molecule has 0 aliphatic carbocycles. The van der Waals surface area contributed by atoms with Gasteiger partial charge in [-0.05, 0) is 37.3 Å². The van der Waals surface area contributed by atoms with E-state index in [1.165, 1.54) is 0 Å². The summed E-state index contributed by atoms with van der Waals surface area (Å²) in [6.45, 7) is 2.77. The van der Waals surface area contributed by atoms with E-state index in [0.29, 0.717) is 5.02 Å². The van der Waals surface area contributed by atoms with Gasteiger partial charge in [-0.15, -0.1) is 0 Å². The monoisotopic (exact) mass is 261 g/mol. The van der Waals surface area contributed by atoms with Crippen LogP contribution in [0.2, 0.25) is 5.02 Å². The van der Waals surface area contributed by atoms with Crippen LogP contribution in [0.4, 0.5) is 5.69 Å². The minimum atomic E-state index is 0.0728. The Balaban J connectivity index is 1.84. The molecule has 0 aliphatic rings. The third-order valence-electron chi connectivity index (χ3n) is 2.50. The molecule has 2 rings (SSSR count). The first-order valence-corrected chi connectivity index (χ1v) is 6.33. The Morgan fingerprint density at radius 1 is 1.11 bits per heavy atom. The second-order valence-electron chi connectivity index (χ2n) is 4.13. The number of benzene rings is 2. The fraction of sp³-hybridized carbons (Fsp3) is 0.200. The van der Waals surface area contributed by atoms with Crippen LogP contribution in [-0.2, 0) is 0 Å². The van der Waals surface area contributed by atoms with Crippen LogP contribution in [0.5, 0.6) is 5.75 Å². The minimum absolute atomic E-state index is 0.0728. The largest absolute Gasteiger partial charge is 0.489 e. The second-order valence-corrected chi connectivity index (χ2v) is 4.57. The minimum Gasteiger partial charge on any atom is -0.489 e. The zero-order valence-electron chi connectivity index (χ0n) is 10.3. The summed E-state index contributed by atoms with van der Waals surface area (Å²) in [6.07, 6.45) is 0.0728. The van der Waals surface area contributed by atoms with Crippen molar-refractivity contribution < 1.29 is 4.74 Å². The maximum atomic E-state index is 5.91. The van der Waals surface area contributed by atoms with Crippen molar-refractivity contribution in [3.8, 4) is 5.75 Å². The van der Waals surface area contributed by atoms with Crippen molar-refractivity contribution in [1.82, 2.24) is 0 Å². The van der Waals surface area contributed by atoms with Crippen LogP contribution in [0.3, 0.4) is 0 Å². The molecule has 0 spiro atoms. The lowest BCUT2D eigenvalue weighted by atomic mass is 10.3. The number of anilines is 1. The average molecular weight is 262 g/mol. The summed E-state index contributed by atoms with van der Waals surface area (Å²) in [5, 5.41) is 4.01. The normalized spacial score (nSPS) is 11.9. The molecule has 2 aromatic carbocycles. The molecule has 0 bridgehead atoms. The summed E-state index contributed by atoms with van der Waals surface area (Å²) in [5.41, 5.74) is 1.10. The van der Waals surface area contributed by atoms with Gasteiger partial charge in [0.1, 0.15) is 11.9 Å². The highest BCUT2D eigenvalue weighted by molar-refractivity contribution is 6.30. The van der Waals surface area contributed by atoms with Crippen LogP contribution in [0.15, 0.2) is 54.6 Å². The highest BCUT2D eigenvalue weighted by Crippen LogP contribution is 2.18. The van der Waals surface area contributed by atoms with E-state index in [2.05, 4.69) is 5.32 Å². The Hall–Kier alpha value is -1.67. The van der Waals surface area contributed by atoms with Gasteiger partial charge in [-0.2, -0.15) is 0 Å². The van der Waals surface area contributed by atoms with Crippen molar-refractivity contribution in [2.45, 2.75) is 13.0 Å². The zero-order chi connectivity index (χ0) is 12.8. The Morgan fingerprint density at radius 3 is 2.61 bits per heavy atom. The number of hydrogen-bond acceptors (Lipinski definition) is 2. The molecular formula is C15H16ClNO. The summed E-state index contributed by atoms with van der Waals surface area (Å²) in [7, 11) is 0. The molecule has 0 heterocycles. The molecule has 18 heavy (non-hydrogen) atoms. The molecule has 94 valence electrons. The number of nitrogens with one attached hydrogen (secondary N) is 1. The number of halogens is 1. The van der Waals surface area contributed by atoms with Crippen LogP contribution in [0.1, 0.15) is 6.92 Å². The summed E-state index contributed by atoms with van der Waals surface area (Å²) >= 11 is 5.91. The molecule has 3 heteroatoms. The third kappa shape index (κ3) is 3.97. The zero-order valence-corrected chi connectivity index (χ0v) is 11.0. The van der Waals surface area contributed by atoms with E-state index in [-0.39, 0.29) is 6.10 Å². The van der Waals surface area contributed by atoms with Crippen LogP contribution in [0, 0.1) is 0 Å². The van der Waals surface area contributed by atoms with Crippen LogP contribution >= 0.6 is 11.6 Å². The van der Waals surface area contributed by atoms with Gasteiger partial charge in [0.05, 0.1) is 6.54 Å². The van der Waals surface area contributed by atoms with Gasteiger partial charge in [0.15, 0.2) is 0 Å². The van der Waals surface area contributed by atoms with Gasteiger partial charge < -0.3 is 10.1 Å². The molecule has 0 aromatic heterocycles. The molecule has 2 aromatic rings. The predicted octanol–water partition coefficient (Wildman–Crippen LogP) is 4.22. The first kappa shape index (κ1) is 12.8. The maximum absolute atomic E-state index is 5.91. The molecule has 0 amide bonds. The van der Waals surface area contributed by atoms with Crippen molar-refractivity contribution in [1.29, 1.82) is 0 Å². The summed E-state index contributed by atoms with van der Waals surface area (Å²) in [5.74, 6) is 0.796. The lowest BCUT2D eigenvalue weighted by molar-refractivity contribution is 0.235.